The average Bonchev–Trinajstić information content (AvgIpc) is 2.29. The van der Waals surface area contributed by atoms with Gasteiger partial charge in [0.15, 0.2) is 0 Å². The minimum atomic E-state index is -2.91. The second-order valence-electron chi connectivity index (χ2n) is 6.02. The molecule has 1 aliphatic carbocycles. The summed E-state index contributed by atoms with van der Waals surface area (Å²) >= 11 is 0. The molecule has 0 aromatic carbocycles. The fourth-order valence-electron chi connectivity index (χ4n) is 3.25. The molecule has 1 aliphatic rings. The van der Waals surface area contributed by atoms with Crippen molar-refractivity contribution < 1.29 is 8.42 Å². The average molecular weight is 276 g/mol. The molecule has 3 unspecified atom stereocenters. The van der Waals surface area contributed by atoms with Crippen molar-refractivity contribution in [2.75, 3.05) is 32.1 Å². The summed E-state index contributed by atoms with van der Waals surface area (Å²) in [5.74, 6) is 1.38. The molecule has 18 heavy (non-hydrogen) atoms. The first-order valence-electron chi connectivity index (χ1n) is 6.82. The fourth-order valence-corrected chi connectivity index (χ4v) is 3.85. The van der Waals surface area contributed by atoms with Gasteiger partial charge in [0.05, 0.1) is 5.75 Å². The summed E-state index contributed by atoms with van der Waals surface area (Å²) in [7, 11) is -0.886. The first-order chi connectivity index (χ1) is 8.23. The highest BCUT2D eigenvalue weighted by molar-refractivity contribution is 7.90. The Morgan fingerprint density at radius 3 is 2.50 bits per heavy atom. The van der Waals surface area contributed by atoms with Crippen molar-refractivity contribution in [3.05, 3.63) is 0 Å². The fraction of sp³-hybridized carbons (Fsp3) is 1.00. The lowest BCUT2D eigenvalue weighted by Crippen LogP contribution is -2.60. The van der Waals surface area contributed by atoms with Crippen molar-refractivity contribution in [3.63, 3.8) is 0 Å². The van der Waals surface area contributed by atoms with E-state index in [1.165, 1.54) is 19.1 Å². The summed E-state index contributed by atoms with van der Waals surface area (Å²) in [6.07, 6.45) is 4.81. The van der Waals surface area contributed by atoms with Gasteiger partial charge in [-0.2, -0.15) is 0 Å². The maximum atomic E-state index is 11.3. The Bertz CT molecular complexity index is 369. The maximum absolute atomic E-state index is 11.3. The smallest absolute Gasteiger partial charge is 0.148 e. The highest BCUT2D eigenvalue weighted by Gasteiger charge is 2.43. The molecule has 0 aromatic rings. The first kappa shape index (κ1) is 15.9. The predicted molar refractivity (Wildman–Crippen MR) is 76.3 cm³/mol. The Balaban J connectivity index is 2.80. The molecule has 0 heterocycles. The van der Waals surface area contributed by atoms with Crippen molar-refractivity contribution >= 4 is 9.84 Å². The van der Waals surface area contributed by atoms with Gasteiger partial charge in [0.25, 0.3) is 0 Å². The summed E-state index contributed by atoms with van der Waals surface area (Å²) in [5.41, 5.74) is 6.01. The zero-order chi connectivity index (χ0) is 14.0. The van der Waals surface area contributed by atoms with Gasteiger partial charge in [-0.05, 0) is 25.3 Å². The SMILES string of the molecule is CC1CCCC(CN)(N(C)CCS(C)(=O)=O)C1C. The van der Waals surface area contributed by atoms with E-state index in [4.69, 9.17) is 5.73 Å². The molecule has 0 bridgehead atoms. The summed E-state index contributed by atoms with van der Waals surface area (Å²) in [6.45, 7) is 5.72. The number of hydrogen-bond acceptors (Lipinski definition) is 4. The number of sulfone groups is 1. The van der Waals surface area contributed by atoms with Crippen LogP contribution >= 0.6 is 0 Å². The Morgan fingerprint density at radius 2 is 2.00 bits per heavy atom. The van der Waals surface area contributed by atoms with E-state index in [0.717, 1.165) is 6.42 Å². The van der Waals surface area contributed by atoms with Crippen LogP contribution in [0.4, 0.5) is 0 Å². The Labute approximate surface area is 112 Å². The van der Waals surface area contributed by atoms with Crippen LogP contribution in [0.15, 0.2) is 0 Å². The number of nitrogens with zero attached hydrogens (tertiary/aromatic N) is 1. The van der Waals surface area contributed by atoms with Gasteiger partial charge in [-0.25, -0.2) is 8.42 Å². The quantitative estimate of drug-likeness (QED) is 0.817. The zero-order valence-corrected chi connectivity index (χ0v) is 13.0. The van der Waals surface area contributed by atoms with Gasteiger partial charge in [-0.15, -0.1) is 0 Å². The molecule has 0 saturated heterocycles. The first-order valence-corrected chi connectivity index (χ1v) is 8.88. The van der Waals surface area contributed by atoms with E-state index in [2.05, 4.69) is 18.7 Å². The van der Waals surface area contributed by atoms with Crippen molar-refractivity contribution in [3.8, 4) is 0 Å². The third-order valence-corrected chi connectivity index (χ3v) is 5.81. The molecule has 0 spiro atoms. The van der Waals surface area contributed by atoms with E-state index in [1.807, 2.05) is 7.05 Å². The molecular weight excluding hydrogens is 248 g/mol. The molecule has 1 fully saturated rings. The molecule has 3 atom stereocenters. The lowest BCUT2D eigenvalue weighted by atomic mass is 9.67. The highest BCUT2D eigenvalue weighted by Crippen LogP contribution is 2.40. The van der Waals surface area contributed by atoms with Crippen LogP contribution in [0.3, 0.4) is 0 Å². The van der Waals surface area contributed by atoms with Crippen LogP contribution in [-0.4, -0.2) is 51.0 Å². The molecule has 1 saturated carbocycles. The summed E-state index contributed by atoms with van der Waals surface area (Å²) in [6, 6.07) is 0. The summed E-state index contributed by atoms with van der Waals surface area (Å²) < 4.78 is 22.6. The maximum Gasteiger partial charge on any atom is 0.148 e. The largest absolute Gasteiger partial charge is 0.329 e. The molecule has 0 amide bonds. The minimum Gasteiger partial charge on any atom is -0.329 e. The van der Waals surface area contributed by atoms with Crippen LogP contribution in [0.25, 0.3) is 0 Å². The molecule has 2 N–H and O–H groups in total. The Kier molecular flexibility index (Phi) is 5.21. The molecule has 108 valence electrons. The van der Waals surface area contributed by atoms with Crippen LogP contribution in [-0.2, 0) is 9.84 Å². The Hall–Kier alpha value is -0.130. The molecule has 0 aliphatic heterocycles. The summed E-state index contributed by atoms with van der Waals surface area (Å²) in [5, 5.41) is 0. The summed E-state index contributed by atoms with van der Waals surface area (Å²) in [4.78, 5) is 2.19. The van der Waals surface area contributed by atoms with E-state index >= 15 is 0 Å². The van der Waals surface area contributed by atoms with Crippen LogP contribution in [0.5, 0.6) is 0 Å². The van der Waals surface area contributed by atoms with E-state index in [9.17, 15) is 8.42 Å². The third kappa shape index (κ3) is 3.45. The van der Waals surface area contributed by atoms with Crippen molar-refractivity contribution in [1.29, 1.82) is 0 Å². The zero-order valence-electron chi connectivity index (χ0n) is 12.1. The van der Waals surface area contributed by atoms with Crippen LogP contribution in [0.2, 0.25) is 0 Å². The molecular formula is C13H28N2O2S. The number of hydrogen-bond donors (Lipinski definition) is 1. The second-order valence-corrected chi connectivity index (χ2v) is 8.28. The molecule has 0 aromatic heterocycles. The van der Waals surface area contributed by atoms with Crippen molar-refractivity contribution in [1.82, 2.24) is 4.90 Å². The third-order valence-electron chi connectivity index (χ3n) is 4.88. The lowest BCUT2D eigenvalue weighted by molar-refractivity contribution is 0.0104. The van der Waals surface area contributed by atoms with Gasteiger partial charge in [-0.1, -0.05) is 26.7 Å². The number of rotatable bonds is 5. The molecule has 4 nitrogen and oxygen atoms in total. The van der Waals surface area contributed by atoms with Gasteiger partial charge in [-0.3, -0.25) is 4.90 Å². The molecule has 0 radical (unpaired) electrons. The highest BCUT2D eigenvalue weighted by atomic mass is 32.2. The van der Waals surface area contributed by atoms with Crippen molar-refractivity contribution in [2.45, 2.75) is 38.6 Å². The van der Waals surface area contributed by atoms with Gasteiger partial charge < -0.3 is 5.73 Å². The van der Waals surface area contributed by atoms with Crippen LogP contribution in [0.1, 0.15) is 33.1 Å². The molecule has 5 heteroatoms. The van der Waals surface area contributed by atoms with Crippen molar-refractivity contribution in [2.24, 2.45) is 17.6 Å². The lowest BCUT2D eigenvalue weighted by Gasteiger charge is -2.51. The van der Waals surface area contributed by atoms with Gasteiger partial charge >= 0.3 is 0 Å². The standard InChI is InChI=1S/C13H28N2O2S/c1-11-6-5-7-13(10-14,12(11)2)15(3)8-9-18(4,16)17/h11-12H,5-10,14H2,1-4H3. The van der Waals surface area contributed by atoms with E-state index < -0.39 is 9.84 Å². The van der Waals surface area contributed by atoms with Crippen LogP contribution < -0.4 is 5.73 Å². The van der Waals surface area contributed by atoms with E-state index in [1.54, 1.807) is 0 Å². The monoisotopic (exact) mass is 276 g/mol. The number of likely N-dealkylation sites (N-methyl/N-ethyl adjacent to an activating group) is 1. The predicted octanol–water partition coefficient (Wildman–Crippen LogP) is 1.12. The topological polar surface area (TPSA) is 63.4 Å². The Morgan fingerprint density at radius 1 is 1.39 bits per heavy atom. The van der Waals surface area contributed by atoms with Gasteiger partial charge in [0.2, 0.25) is 0 Å². The van der Waals surface area contributed by atoms with Gasteiger partial charge in [0.1, 0.15) is 9.84 Å². The van der Waals surface area contributed by atoms with E-state index in [-0.39, 0.29) is 11.3 Å². The normalized spacial score (nSPS) is 33.9. The second kappa shape index (κ2) is 5.88. The minimum absolute atomic E-state index is 0.0254. The van der Waals surface area contributed by atoms with Gasteiger partial charge in [0, 0.05) is 24.9 Å². The number of nitrogens with two attached hydrogens (primary N) is 1. The van der Waals surface area contributed by atoms with Crippen LogP contribution in [0, 0.1) is 11.8 Å². The van der Waals surface area contributed by atoms with E-state index in [0.29, 0.717) is 24.9 Å². The molecule has 1 rings (SSSR count).